The third-order valence-electron chi connectivity index (χ3n) is 4.63. The molecule has 2 N–H and O–H groups in total. The van der Waals surface area contributed by atoms with Crippen LogP contribution in [0.25, 0.3) is 11.3 Å². The van der Waals surface area contributed by atoms with Crippen molar-refractivity contribution in [3.05, 3.63) is 40.6 Å². The van der Waals surface area contributed by atoms with E-state index in [9.17, 15) is 4.79 Å². The molecule has 1 aromatic carbocycles. The first-order chi connectivity index (χ1) is 11.6. The number of ether oxygens (including phenoxy) is 1. The molecule has 130 valence electrons. The number of aryl methyl sites for hydroxylation is 2. The molecular formula is C19H26N2O3. The van der Waals surface area contributed by atoms with E-state index in [-0.39, 0.29) is 5.97 Å². The number of aromatic amines is 1. The molecule has 0 amide bonds. The molecular weight excluding hydrogens is 304 g/mol. The molecule has 2 aromatic rings. The van der Waals surface area contributed by atoms with Crippen molar-refractivity contribution < 1.29 is 14.6 Å². The first kappa shape index (κ1) is 18.2. The summed E-state index contributed by atoms with van der Waals surface area (Å²) >= 11 is 0. The molecule has 0 aliphatic heterocycles. The van der Waals surface area contributed by atoms with Crippen molar-refractivity contribution in [2.75, 3.05) is 14.2 Å². The number of nitrogens with one attached hydrogen (secondary N) is 1. The van der Waals surface area contributed by atoms with Gasteiger partial charge in [0.25, 0.3) is 0 Å². The Hall–Kier alpha value is -2.14. The molecule has 0 unspecified atom stereocenters. The molecule has 0 bridgehead atoms. The summed E-state index contributed by atoms with van der Waals surface area (Å²) in [6, 6.07) is 6.17. The van der Waals surface area contributed by atoms with Gasteiger partial charge in [-0.15, -0.1) is 0 Å². The third kappa shape index (κ3) is 3.51. The molecule has 1 saturated carbocycles. The Labute approximate surface area is 143 Å². The summed E-state index contributed by atoms with van der Waals surface area (Å²) in [6.45, 7) is 4.07. The summed E-state index contributed by atoms with van der Waals surface area (Å²) in [5.74, 6) is 0.298. The summed E-state index contributed by atoms with van der Waals surface area (Å²) < 4.78 is 4.91. The number of aromatic nitrogens is 2. The predicted octanol–water partition coefficient (Wildman–Crippen LogP) is 3.61. The number of hydrogen-bond acceptors (Lipinski definition) is 4. The van der Waals surface area contributed by atoms with Gasteiger partial charge in [-0.3, -0.25) is 5.10 Å². The van der Waals surface area contributed by atoms with Gasteiger partial charge in [-0.1, -0.05) is 19.4 Å². The molecule has 5 nitrogen and oxygen atoms in total. The molecule has 24 heavy (non-hydrogen) atoms. The molecule has 5 heteroatoms. The minimum atomic E-state index is -0.287. The Morgan fingerprint density at radius 2 is 2.04 bits per heavy atom. The van der Waals surface area contributed by atoms with Crippen molar-refractivity contribution in [1.29, 1.82) is 0 Å². The highest BCUT2D eigenvalue weighted by atomic mass is 16.5. The van der Waals surface area contributed by atoms with Crippen molar-refractivity contribution in [3.8, 4) is 11.3 Å². The van der Waals surface area contributed by atoms with E-state index in [0.717, 1.165) is 36.0 Å². The molecule has 1 aliphatic carbocycles. The molecule has 0 radical (unpaired) electrons. The largest absolute Gasteiger partial charge is 0.465 e. The van der Waals surface area contributed by atoms with Crippen LogP contribution in [0, 0.1) is 6.92 Å². The highest BCUT2D eigenvalue weighted by Gasteiger charge is 2.25. The van der Waals surface area contributed by atoms with Gasteiger partial charge in [0, 0.05) is 18.4 Å². The zero-order valence-corrected chi connectivity index (χ0v) is 14.8. The van der Waals surface area contributed by atoms with Crippen molar-refractivity contribution >= 4 is 5.97 Å². The number of nitrogens with zero attached hydrogens (tertiary/aromatic N) is 1. The van der Waals surface area contributed by atoms with E-state index in [2.05, 4.69) is 29.3 Å². The van der Waals surface area contributed by atoms with Crippen LogP contribution in [0.15, 0.2) is 18.2 Å². The average Bonchev–Trinajstić information content (AvgIpc) is 3.03. The fourth-order valence-corrected chi connectivity index (χ4v) is 3.02. The van der Waals surface area contributed by atoms with E-state index in [1.54, 1.807) is 0 Å². The number of esters is 1. The van der Waals surface area contributed by atoms with Crippen molar-refractivity contribution in [1.82, 2.24) is 10.2 Å². The number of aliphatic hydroxyl groups excluding tert-OH is 1. The molecule has 0 atom stereocenters. The van der Waals surface area contributed by atoms with E-state index in [4.69, 9.17) is 9.84 Å². The second-order valence-corrected chi connectivity index (χ2v) is 6.01. The Morgan fingerprint density at radius 3 is 2.54 bits per heavy atom. The fourth-order valence-electron chi connectivity index (χ4n) is 3.02. The van der Waals surface area contributed by atoms with Gasteiger partial charge in [-0.25, -0.2) is 4.79 Å². The lowest BCUT2D eigenvalue weighted by molar-refractivity contribution is 0.0600. The Morgan fingerprint density at radius 1 is 1.33 bits per heavy atom. The molecule has 0 spiro atoms. The maximum atomic E-state index is 12.0. The van der Waals surface area contributed by atoms with Crippen LogP contribution in [-0.2, 0) is 11.2 Å². The summed E-state index contributed by atoms with van der Waals surface area (Å²) in [4.78, 5) is 12.0. The summed E-state index contributed by atoms with van der Waals surface area (Å²) in [7, 11) is 2.42. The highest BCUT2D eigenvalue weighted by molar-refractivity contribution is 5.93. The summed E-state index contributed by atoms with van der Waals surface area (Å²) in [5.41, 5.74) is 6.00. The van der Waals surface area contributed by atoms with Crippen LogP contribution in [0.1, 0.15) is 59.3 Å². The lowest BCUT2D eigenvalue weighted by Gasteiger charge is -2.28. The van der Waals surface area contributed by atoms with Crippen molar-refractivity contribution in [2.45, 2.75) is 45.4 Å². The summed E-state index contributed by atoms with van der Waals surface area (Å²) in [6.07, 6.45) is 4.63. The normalized spacial score (nSPS) is 13.7. The standard InChI is InChI=1S/C18H22N2O2.CH4O/c1-4-13-9-17(20-19-13)16-10-14(18(21)22-3)11(2)8-15(16)12-6-5-7-12;1-2/h8-10,12H,4-7H2,1-3H3,(H,19,20);2H,1H3. The Bertz CT molecular complexity index is 703. The fraction of sp³-hybridized carbons (Fsp3) is 0.474. The Kier molecular flexibility index (Phi) is 6.15. The van der Waals surface area contributed by atoms with E-state index >= 15 is 0 Å². The minimum Gasteiger partial charge on any atom is -0.465 e. The van der Waals surface area contributed by atoms with Gasteiger partial charge in [0.05, 0.1) is 18.4 Å². The first-order valence-electron chi connectivity index (χ1n) is 8.36. The quantitative estimate of drug-likeness (QED) is 0.840. The SMILES string of the molecule is CCc1cc(-c2cc(C(=O)OC)c(C)cc2C2CCC2)n[nH]1.CO. The third-order valence-corrected chi connectivity index (χ3v) is 4.63. The zero-order valence-electron chi connectivity index (χ0n) is 14.8. The molecule has 1 fully saturated rings. The smallest absolute Gasteiger partial charge is 0.338 e. The van der Waals surface area contributed by atoms with E-state index in [0.29, 0.717) is 11.5 Å². The maximum Gasteiger partial charge on any atom is 0.338 e. The van der Waals surface area contributed by atoms with Gasteiger partial charge in [0.1, 0.15) is 0 Å². The van der Waals surface area contributed by atoms with Gasteiger partial charge in [-0.05, 0) is 55.4 Å². The number of carbonyl (C=O) groups is 1. The van der Waals surface area contributed by atoms with Gasteiger partial charge in [0.2, 0.25) is 0 Å². The number of benzene rings is 1. The van der Waals surface area contributed by atoms with Gasteiger partial charge in [-0.2, -0.15) is 5.10 Å². The number of aliphatic hydroxyl groups is 1. The van der Waals surface area contributed by atoms with Crippen LogP contribution in [0.2, 0.25) is 0 Å². The van der Waals surface area contributed by atoms with Crippen molar-refractivity contribution in [3.63, 3.8) is 0 Å². The Balaban J connectivity index is 0.00000100. The topological polar surface area (TPSA) is 75.2 Å². The molecule has 1 aliphatic rings. The lowest BCUT2D eigenvalue weighted by Crippen LogP contribution is -2.12. The number of H-pyrrole nitrogens is 1. The molecule has 3 rings (SSSR count). The van der Waals surface area contributed by atoms with E-state index in [1.165, 1.54) is 31.9 Å². The molecule has 0 saturated heterocycles. The van der Waals surface area contributed by atoms with Gasteiger partial charge >= 0.3 is 5.97 Å². The van der Waals surface area contributed by atoms with Gasteiger partial charge in [0.15, 0.2) is 0 Å². The van der Waals surface area contributed by atoms with Crippen LogP contribution in [-0.4, -0.2) is 35.5 Å². The monoisotopic (exact) mass is 330 g/mol. The number of methoxy groups -OCH3 is 1. The predicted molar refractivity (Wildman–Crippen MR) is 94.2 cm³/mol. The van der Waals surface area contributed by atoms with Crippen molar-refractivity contribution in [2.24, 2.45) is 0 Å². The molecule has 1 aromatic heterocycles. The average molecular weight is 330 g/mol. The van der Waals surface area contributed by atoms with Crippen LogP contribution in [0.3, 0.4) is 0 Å². The van der Waals surface area contributed by atoms with Gasteiger partial charge < -0.3 is 9.84 Å². The molecule has 1 heterocycles. The highest BCUT2D eigenvalue weighted by Crippen LogP contribution is 2.42. The number of rotatable bonds is 4. The van der Waals surface area contributed by atoms with Crippen LogP contribution >= 0.6 is 0 Å². The van der Waals surface area contributed by atoms with Crippen LogP contribution in [0.5, 0.6) is 0 Å². The zero-order chi connectivity index (χ0) is 17.7. The second-order valence-electron chi connectivity index (χ2n) is 6.01. The van der Waals surface area contributed by atoms with Crippen LogP contribution < -0.4 is 0 Å². The van der Waals surface area contributed by atoms with Crippen LogP contribution in [0.4, 0.5) is 0 Å². The minimum absolute atomic E-state index is 0.287. The first-order valence-corrected chi connectivity index (χ1v) is 8.36. The van der Waals surface area contributed by atoms with E-state index < -0.39 is 0 Å². The van der Waals surface area contributed by atoms with E-state index in [1.807, 2.05) is 13.0 Å². The number of carbonyl (C=O) groups excluding carboxylic acids is 1. The number of hydrogen-bond donors (Lipinski definition) is 2. The lowest BCUT2D eigenvalue weighted by atomic mass is 9.76. The summed E-state index contributed by atoms with van der Waals surface area (Å²) in [5, 5.41) is 14.5. The second kappa shape index (κ2) is 8.11. The maximum absolute atomic E-state index is 12.0.